The third-order valence-corrected chi connectivity index (χ3v) is 9.08. The summed E-state index contributed by atoms with van der Waals surface area (Å²) in [5, 5.41) is 12.0. The van der Waals surface area contributed by atoms with Crippen LogP contribution in [-0.2, 0) is 16.1 Å². The van der Waals surface area contributed by atoms with Crippen LogP contribution in [0.15, 0.2) is 78.0 Å². The molecule has 0 unspecified atom stereocenters. The van der Waals surface area contributed by atoms with Gasteiger partial charge in [0.05, 0.1) is 30.3 Å². The number of rotatable bonds is 6. The van der Waals surface area contributed by atoms with Crippen molar-refractivity contribution in [2.24, 2.45) is 5.92 Å². The zero-order valence-corrected chi connectivity index (χ0v) is 24.6. The van der Waals surface area contributed by atoms with E-state index in [9.17, 15) is 19.5 Å². The molecule has 2 atom stereocenters. The number of amides is 2. The third-order valence-electron chi connectivity index (χ3n) is 9.08. The number of nitrogens with zero attached hydrogens (tertiary/aromatic N) is 5. The smallest absolute Gasteiger partial charge is 0.262 e. The van der Waals surface area contributed by atoms with Gasteiger partial charge in [0.25, 0.3) is 5.56 Å². The molecule has 2 aromatic heterocycles. The number of carbonyl (C=O) groups excluding carboxylic acids is 2. The van der Waals surface area contributed by atoms with Crippen molar-refractivity contribution in [2.45, 2.75) is 44.2 Å². The molecule has 4 heterocycles. The summed E-state index contributed by atoms with van der Waals surface area (Å²) in [6.45, 7) is 3.56. The van der Waals surface area contributed by atoms with Crippen LogP contribution in [-0.4, -0.2) is 79.7 Å². The summed E-state index contributed by atoms with van der Waals surface area (Å²) < 4.78 is 8.64. The van der Waals surface area contributed by atoms with E-state index in [-0.39, 0.29) is 35.8 Å². The summed E-state index contributed by atoms with van der Waals surface area (Å²) in [6.07, 6.45) is 4.62. The minimum atomic E-state index is -1.14. The van der Waals surface area contributed by atoms with E-state index in [4.69, 9.17) is 4.74 Å². The van der Waals surface area contributed by atoms with Crippen LogP contribution < -0.4 is 10.3 Å². The maximum atomic E-state index is 13.8. The molecule has 224 valence electrons. The Bertz CT molecular complexity index is 1690. The molecule has 0 spiro atoms. The largest absolute Gasteiger partial charge is 0.497 e. The van der Waals surface area contributed by atoms with Crippen LogP contribution in [0, 0.1) is 5.92 Å². The van der Waals surface area contributed by atoms with Crippen molar-refractivity contribution in [3.63, 3.8) is 0 Å². The molecule has 6 rings (SSSR count). The van der Waals surface area contributed by atoms with Crippen molar-refractivity contribution in [1.82, 2.24) is 23.9 Å². The van der Waals surface area contributed by atoms with Gasteiger partial charge in [-0.1, -0.05) is 36.4 Å². The highest BCUT2D eigenvalue weighted by molar-refractivity contribution is 5.81. The van der Waals surface area contributed by atoms with Crippen LogP contribution in [0.25, 0.3) is 16.7 Å². The van der Waals surface area contributed by atoms with Gasteiger partial charge in [0.2, 0.25) is 11.8 Å². The van der Waals surface area contributed by atoms with Gasteiger partial charge in [0, 0.05) is 57.2 Å². The zero-order chi connectivity index (χ0) is 30.1. The van der Waals surface area contributed by atoms with Crippen molar-refractivity contribution in [1.29, 1.82) is 0 Å². The number of hydrogen-bond acceptors (Lipinski definition) is 6. The first-order valence-corrected chi connectivity index (χ1v) is 14.8. The summed E-state index contributed by atoms with van der Waals surface area (Å²) >= 11 is 0. The first-order chi connectivity index (χ1) is 20.8. The predicted molar refractivity (Wildman–Crippen MR) is 162 cm³/mol. The molecular formula is C33H37N5O5. The molecule has 1 N–H and O–H groups in total. The van der Waals surface area contributed by atoms with Crippen LogP contribution in [0.5, 0.6) is 5.75 Å². The van der Waals surface area contributed by atoms with E-state index >= 15 is 0 Å². The van der Waals surface area contributed by atoms with Crippen molar-refractivity contribution in [2.75, 3.05) is 33.3 Å². The molecule has 0 saturated carbocycles. The standard InChI is InChI=1S/C33H37N5O5/c1-23(39)36-15-11-27(29(20-36)24-7-4-3-5-8-24)31(40)35-17-13-33(42,14-18-35)21-37-22-34-30-28(32(37)41)12-16-38(30)25-9-6-10-26(19-25)43-2/h3-10,12,16,19,22,27,29,42H,11,13-15,17-18,20-21H2,1-2H3/t27-,29+/m1/s1. The first kappa shape index (κ1) is 28.7. The first-order valence-electron chi connectivity index (χ1n) is 14.8. The van der Waals surface area contributed by atoms with Crippen molar-refractivity contribution in [3.8, 4) is 11.4 Å². The molecule has 2 aliphatic heterocycles. The van der Waals surface area contributed by atoms with Crippen LogP contribution in [0.1, 0.15) is 37.7 Å². The molecule has 2 aromatic carbocycles. The number of methoxy groups -OCH3 is 1. The molecule has 0 aliphatic carbocycles. The number of carbonyl (C=O) groups is 2. The maximum Gasteiger partial charge on any atom is 0.262 e. The van der Waals surface area contributed by atoms with Crippen LogP contribution in [0.3, 0.4) is 0 Å². The third kappa shape index (κ3) is 5.67. The molecule has 4 aromatic rings. The van der Waals surface area contributed by atoms with E-state index in [0.717, 1.165) is 11.3 Å². The highest BCUT2D eigenvalue weighted by Crippen LogP contribution is 2.35. The molecule has 10 nitrogen and oxygen atoms in total. The lowest BCUT2D eigenvalue weighted by molar-refractivity contribution is -0.145. The summed E-state index contributed by atoms with van der Waals surface area (Å²) in [5.41, 5.74) is 1.06. The lowest BCUT2D eigenvalue weighted by Gasteiger charge is -2.43. The number of benzene rings is 2. The number of aliphatic hydroxyl groups is 1. The van der Waals surface area contributed by atoms with Gasteiger partial charge in [0.1, 0.15) is 12.1 Å². The van der Waals surface area contributed by atoms with E-state index in [1.54, 1.807) is 26.3 Å². The Labute approximate surface area is 250 Å². The Kier molecular flexibility index (Phi) is 7.79. The second-order valence-electron chi connectivity index (χ2n) is 11.7. The van der Waals surface area contributed by atoms with E-state index < -0.39 is 5.60 Å². The number of likely N-dealkylation sites (tertiary alicyclic amines) is 2. The van der Waals surface area contributed by atoms with Crippen LogP contribution in [0.4, 0.5) is 0 Å². The maximum absolute atomic E-state index is 13.8. The van der Waals surface area contributed by atoms with Gasteiger partial charge < -0.3 is 24.2 Å². The summed E-state index contributed by atoms with van der Waals surface area (Å²) in [6, 6.07) is 19.2. The molecule has 0 bridgehead atoms. The van der Waals surface area contributed by atoms with E-state index in [2.05, 4.69) is 4.98 Å². The highest BCUT2D eigenvalue weighted by atomic mass is 16.5. The van der Waals surface area contributed by atoms with Crippen molar-refractivity contribution in [3.05, 3.63) is 89.1 Å². The zero-order valence-electron chi connectivity index (χ0n) is 24.6. The van der Waals surface area contributed by atoms with Crippen molar-refractivity contribution < 1.29 is 19.4 Å². The average Bonchev–Trinajstić information content (AvgIpc) is 3.47. The molecule has 43 heavy (non-hydrogen) atoms. The summed E-state index contributed by atoms with van der Waals surface area (Å²) in [5.74, 6) is 0.490. The lowest BCUT2D eigenvalue weighted by Crippen LogP contribution is -2.53. The topological polar surface area (TPSA) is 110 Å². The van der Waals surface area contributed by atoms with E-state index in [0.29, 0.717) is 62.2 Å². The predicted octanol–water partition coefficient (Wildman–Crippen LogP) is 3.20. The second-order valence-corrected chi connectivity index (χ2v) is 11.7. The number of ether oxygens (including phenoxy) is 1. The number of aromatic nitrogens is 3. The Hall–Kier alpha value is -4.44. The van der Waals surface area contributed by atoms with Gasteiger partial charge in [0.15, 0.2) is 5.65 Å². The van der Waals surface area contributed by atoms with Crippen LogP contribution >= 0.6 is 0 Å². The number of piperidine rings is 2. The van der Waals surface area contributed by atoms with Crippen LogP contribution in [0.2, 0.25) is 0 Å². The fourth-order valence-corrected chi connectivity index (χ4v) is 6.56. The monoisotopic (exact) mass is 583 g/mol. The quantitative estimate of drug-likeness (QED) is 0.374. The van der Waals surface area contributed by atoms with Gasteiger partial charge >= 0.3 is 0 Å². The fourth-order valence-electron chi connectivity index (χ4n) is 6.56. The molecule has 10 heteroatoms. The minimum Gasteiger partial charge on any atom is -0.497 e. The van der Waals surface area contributed by atoms with E-state index in [1.165, 1.54) is 10.9 Å². The van der Waals surface area contributed by atoms with Gasteiger partial charge in [-0.25, -0.2) is 4.98 Å². The lowest BCUT2D eigenvalue weighted by atomic mass is 9.79. The average molecular weight is 584 g/mol. The van der Waals surface area contributed by atoms with Gasteiger partial charge in [-0.15, -0.1) is 0 Å². The minimum absolute atomic E-state index is 0.0228. The molecule has 2 amide bonds. The molecule has 2 fully saturated rings. The van der Waals surface area contributed by atoms with Gasteiger partial charge in [-0.2, -0.15) is 0 Å². The SMILES string of the molecule is COc1cccc(-n2ccc3c(=O)n(CC4(O)CCN(C(=O)[C@@H]5CCN(C(C)=O)C[C@H]5c5ccccc5)CC4)cnc32)c1. The molecule has 2 saturated heterocycles. The Morgan fingerprint density at radius 2 is 1.79 bits per heavy atom. The van der Waals surface area contributed by atoms with E-state index in [1.807, 2.05) is 69.0 Å². The fraction of sp³-hybridized carbons (Fsp3) is 0.394. The Morgan fingerprint density at radius 3 is 2.51 bits per heavy atom. The molecular weight excluding hydrogens is 546 g/mol. The number of hydrogen-bond donors (Lipinski definition) is 1. The Balaban J connectivity index is 1.15. The summed E-state index contributed by atoms with van der Waals surface area (Å²) in [7, 11) is 1.61. The molecule has 2 aliphatic rings. The van der Waals surface area contributed by atoms with Gasteiger partial charge in [-0.05, 0) is 43.0 Å². The highest BCUT2D eigenvalue weighted by Gasteiger charge is 2.41. The number of fused-ring (bicyclic) bond motifs is 1. The normalized spacial score (nSPS) is 20.3. The van der Waals surface area contributed by atoms with Crippen molar-refractivity contribution >= 4 is 22.8 Å². The summed E-state index contributed by atoms with van der Waals surface area (Å²) in [4.78, 5) is 47.6. The second kappa shape index (κ2) is 11.7. The van der Waals surface area contributed by atoms with Gasteiger partial charge in [-0.3, -0.25) is 19.0 Å². The Morgan fingerprint density at radius 1 is 1.02 bits per heavy atom. The molecule has 0 radical (unpaired) electrons.